The molecule has 2 aromatic rings. The molecule has 0 bridgehead atoms. The van der Waals surface area contributed by atoms with Crippen LogP contribution >= 0.6 is 0 Å². The second-order valence-corrected chi connectivity index (χ2v) is 4.57. The summed E-state index contributed by atoms with van der Waals surface area (Å²) in [5.41, 5.74) is 1.63. The monoisotopic (exact) mass is 256 g/mol. The van der Waals surface area contributed by atoms with E-state index in [1.54, 1.807) is 0 Å². The lowest BCUT2D eigenvalue weighted by molar-refractivity contribution is 0.0953. The lowest BCUT2D eigenvalue weighted by Crippen LogP contribution is -2.25. The minimum atomic E-state index is 0.000373. The first-order chi connectivity index (χ1) is 9.33. The van der Waals surface area contributed by atoms with Crippen molar-refractivity contribution in [1.82, 2.24) is 9.88 Å². The molecule has 19 heavy (non-hydrogen) atoms. The molecule has 0 aliphatic rings. The summed E-state index contributed by atoms with van der Waals surface area (Å²) >= 11 is 0. The van der Waals surface area contributed by atoms with Crippen LogP contribution < -0.4 is 5.32 Å². The van der Waals surface area contributed by atoms with Crippen LogP contribution in [0.15, 0.2) is 48.8 Å². The number of hydrogen-bond donors (Lipinski definition) is 1. The van der Waals surface area contributed by atoms with Gasteiger partial charge >= 0.3 is 0 Å². The third-order valence-electron chi connectivity index (χ3n) is 3.10. The van der Waals surface area contributed by atoms with Gasteiger partial charge in [0.05, 0.1) is 11.3 Å². The van der Waals surface area contributed by atoms with E-state index in [1.165, 1.54) is 0 Å². The number of para-hydroxylation sites is 1. The molecule has 0 aliphatic carbocycles. The Morgan fingerprint density at radius 1 is 1.11 bits per heavy atom. The number of rotatable bonds is 6. The highest BCUT2D eigenvalue weighted by Crippen LogP contribution is 2.14. The van der Waals surface area contributed by atoms with Gasteiger partial charge in [0.25, 0.3) is 5.91 Å². The molecule has 0 aliphatic heterocycles. The fourth-order valence-corrected chi connectivity index (χ4v) is 2.06. The Hall–Kier alpha value is -2.03. The number of nitrogens with zero attached hydrogens (tertiary/aromatic N) is 1. The number of unbranched alkanes of at least 4 members (excludes halogenated alkanes) is 2. The van der Waals surface area contributed by atoms with E-state index in [1.807, 2.05) is 53.4 Å². The molecular formula is C16H20N2O. The molecule has 0 spiro atoms. The predicted molar refractivity (Wildman–Crippen MR) is 77.6 cm³/mol. The zero-order valence-electron chi connectivity index (χ0n) is 11.3. The zero-order chi connectivity index (χ0) is 13.5. The van der Waals surface area contributed by atoms with Crippen molar-refractivity contribution in [1.29, 1.82) is 0 Å². The van der Waals surface area contributed by atoms with E-state index >= 15 is 0 Å². The smallest absolute Gasteiger partial charge is 0.253 e. The van der Waals surface area contributed by atoms with Crippen LogP contribution in [0.1, 0.15) is 36.5 Å². The average Bonchev–Trinajstić information content (AvgIpc) is 2.97. The molecule has 2 rings (SSSR count). The summed E-state index contributed by atoms with van der Waals surface area (Å²) in [5, 5.41) is 2.98. The van der Waals surface area contributed by atoms with Gasteiger partial charge in [-0.1, -0.05) is 31.9 Å². The van der Waals surface area contributed by atoms with Gasteiger partial charge in [0.1, 0.15) is 0 Å². The summed E-state index contributed by atoms with van der Waals surface area (Å²) < 4.78 is 1.96. The van der Waals surface area contributed by atoms with Crippen molar-refractivity contribution in [2.45, 2.75) is 26.2 Å². The topological polar surface area (TPSA) is 34.0 Å². The zero-order valence-corrected chi connectivity index (χ0v) is 11.3. The first-order valence-electron chi connectivity index (χ1n) is 6.83. The molecular weight excluding hydrogens is 236 g/mol. The highest BCUT2D eigenvalue weighted by atomic mass is 16.1. The van der Waals surface area contributed by atoms with E-state index in [2.05, 4.69) is 12.2 Å². The van der Waals surface area contributed by atoms with Crippen molar-refractivity contribution < 1.29 is 4.79 Å². The molecule has 1 N–H and O–H groups in total. The van der Waals surface area contributed by atoms with Crippen LogP contribution in [-0.2, 0) is 0 Å². The Morgan fingerprint density at radius 3 is 2.58 bits per heavy atom. The van der Waals surface area contributed by atoms with Crippen LogP contribution in [0.2, 0.25) is 0 Å². The van der Waals surface area contributed by atoms with Crippen molar-refractivity contribution in [3.8, 4) is 5.69 Å². The standard InChI is InChI=1S/C16H20N2O/c1-2-3-6-11-17-16(19)14-9-4-5-10-15(14)18-12-7-8-13-18/h4-5,7-10,12-13H,2-3,6,11H2,1H3,(H,17,19). The van der Waals surface area contributed by atoms with Crippen LogP contribution in [-0.4, -0.2) is 17.0 Å². The Kier molecular flexibility index (Phi) is 4.78. The average molecular weight is 256 g/mol. The summed E-state index contributed by atoms with van der Waals surface area (Å²) in [6.45, 7) is 2.90. The molecule has 100 valence electrons. The molecule has 0 saturated heterocycles. The quantitative estimate of drug-likeness (QED) is 0.790. The number of carbonyl (C=O) groups excluding carboxylic acids is 1. The van der Waals surface area contributed by atoms with Gasteiger partial charge < -0.3 is 9.88 Å². The minimum absolute atomic E-state index is 0.000373. The number of aromatic nitrogens is 1. The fourth-order valence-electron chi connectivity index (χ4n) is 2.06. The normalized spacial score (nSPS) is 10.4. The Labute approximate surface area is 114 Å². The maximum atomic E-state index is 12.2. The summed E-state index contributed by atoms with van der Waals surface area (Å²) in [6.07, 6.45) is 7.25. The van der Waals surface area contributed by atoms with Crippen molar-refractivity contribution in [3.05, 3.63) is 54.4 Å². The van der Waals surface area contributed by atoms with Gasteiger partial charge in [-0.15, -0.1) is 0 Å². The number of carbonyl (C=O) groups is 1. The second kappa shape index (κ2) is 6.78. The number of amides is 1. The molecule has 1 aromatic heterocycles. The van der Waals surface area contributed by atoms with Crippen LogP contribution in [0.25, 0.3) is 5.69 Å². The van der Waals surface area contributed by atoms with Crippen molar-refractivity contribution in [2.24, 2.45) is 0 Å². The fraction of sp³-hybridized carbons (Fsp3) is 0.312. The van der Waals surface area contributed by atoms with Gasteiger partial charge in [0.15, 0.2) is 0 Å². The van der Waals surface area contributed by atoms with Crippen molar-refractivity contribution >= 4 is 5.91 Å². The number of nitrogens with one attached hydrogen (secondary N) is 1. The molecule has 0 radical (unpaired) electrons. The summed E-state index contributed by atoms with van der Waals surface area (Å²) in [5.74, 6) is 0.000373. The predicted octanol–water partition coefficient (Wildman–Crippen LogP) is 3.40. The lowest BCUT2D eigenvalue weighted by atomic mass is 10.1. The number of benzene rings is 1. The van der Waals surface area contributed by atoms with E-state index in [0.29, 0.717) is 0 Å². The molecule has 1 heterocycles. The van der Waals surface area contributed by atoms with Gasteiger partial charge in [0.2, 0.25) is 0 Å². The lowest BCUT2D eigenvalue weighted by Gasteiger charge is -2.10. The number of hydrogen-bond acceptors (Lipinski definition) is 1. The van der Waals surface area contributed by atoms with E-state index < -0.39 is 0 Å². The highest BCUT2D eigenvalue weighted by Gasteiger charge is 2.10. The van der Waals surface area contributed by atoms with Crippen LogP contribution in [0.3, 0.4) is 0 Å². The summed E-state index contributed by atoms with van der Waals surface area (Å²) in [6, 6.07) is 11.6. The van der Waals surface area contributed by atoms with E-state index in [-0.39, 0.29) is 5.91 Å². The van der Waals surface area contributed by atoms with E-state index in [0.717, 1.165) is 37.1 Å². The Balaban J connectivity index is 2.09. The maximum Gasteiger partial charge on any atom is 0.253 e. The van der Waals surface area contributed by atoms with Crippen molar-refractivity contribution in [3.63, 3.8) is 0 Å². The molecule has 0 unspecified atom stereocenters. The van der Waals surface area contributed by atoms with Crippen LogP contribution in [0.4, 0.5) is 0 Å². The molecule has 1 amide bonds. The Morgan fingerprint density at radius 2 is 1.84 bits per heavy atom. The van der Waals surface area contributed by atoms with Crippen molar-refractivity contribution in [2.75, 3.05) is 6.54 Å². The first-order valence-corrected chi connectivity index (χ1v) is 6.83. The third kappa shape index (κ3) is 3.47. The molecule has 0 atom stereocenters. The highest BCUT2D eigenvalue weighted by molar-refractivity contribution is 5.97. The largest absolute Gasteiger partial charge is 0.352 e. The van der Waals surface area contributed by atoms with E-state index in [4.69, 9.17) is 0 Å². The van der Waals surface area contributed by atoms with Crippen LogP contribution in [0.5, 0.6) is 0 Å². The summed E-state index contributed by atoms with van der Waals surface area (Å²) in [4.78, 5) is 12.2. The van der Waals surface area contributed by atoms with Gasteiger partial charge in [-0.25, -0.2) is 0 Å². The van der Waals surface area contributed by atoms with Crippen LogP contribution in [0, 0.1) is 0 Å². The SMILES string of the molecule is CCCCCNC(=O)c1ccccc1-n1cccc1. The van der Waals surface area contributed by atoms with Gasteiger partial charge in [-0.05, 0) is 30.7 Å². The minimum Gasteiger partial charge on any atom is -0.352 e. The molecule has 1 aromatic carbocycles. The van der Waals surface area contributed by atoms with Gasteiger partial charge in [-0.2, -0.15) is 0 Å². The molecule has 0 fully saturated rings. The van der Waals surface area contributed by atoms with E-state index in [9.17, 15) is 4.79 Å². The van der Waals surface area contributed by atoms with Gasteiger partial charge in [0, 0.05) is 18.9 Å². The molecule has 3 heteroatoms. The molecule has 0 saturated carbocycles. The Bertz CT molecular complexity index is 517. The van der Waals surface area contributed by atoms with Gasteiger partial charge in [-0.3, -0.25) is 4.79 Å². The maximum absolute atomic E-state index is 12.2. The third-order valence-corrected chi connectivity index (χ3v) is 3.10. The second-order valence-electron chi connectivity index (χ2n) is 4.57. The first kappa shape index (κ1) is 13.4. The molecule has 3 nitrogen and oxygen atoms in total. The summed E-state index contributed by atoms with van der Waals surface area (Å²) in [7, 11) is 0.